The molecule has 5 rings (SSSR count). The molecule has 4 heteroatoms. The maximum Gasteiger partial charge on any atom is 0.211 e. The number of halogens is 1. The minimum Gasteiger partial charge on any atom is -0.462 e. The van der Waals surface area contributed by atoms with Crippen LogP contribution in [-0.4, -0.2) is 18.6 Å². The number of carbonyl (C=O) groups excluding carboxylic acids is 1. The van der Waals surface area contributed by atoms with Crippen LogP contribution in [0.25, 0.3) is 6.08 Å². The van der Waals surface area contributed by atoms with Crippen LogP contribution >= 0.6 is 15.9 Å². The minimum absolute atomic E-state index is 0.0331. The van der Waals surface area contributed by atoms with Crippen molar-refractivity contribution < 1.29 is 9.53 Å². The molecule has 3 nitrogen and oxygen atoms in total. The lowest BCUT2D eigenvalue weighted by molar-refractivity contribution is 0.0573. The van der Waals surface area contributed by atoms with Crippen molar-refractivity contribution in [3.63, 3.8) is 0 Å². The minimum atomic E-state index is -0.706. The molecule has 3 aromatic rings. The van der Waals surface area contributed by atoms with Crippen molar-refractivity contribution in [2.24, 2.45) is 0 Å². The van der Waals surface area contributed by atoms with E-state index in [2.05, 4.69) is 86.8 Å². The van der Waals surface area contributed by atoms with E-state index in [9.17, 15) is 4.79 Å². The fraction of sp³-hybridized carbons (Fsp3) is 0.300. The van der Waals surface area contributed by atoms with Crippen LogP contribution in [0.1, 0.15) is 67.2 Å². The molecule has 2 aliphatic rings. The number of carbonyl (C=O) groups is 1. The molecular weight excluding hydrogens is 486 g/mol. The molecule has 0 aromatic heterocycles. The highest BCUT2D eigenvalue weighted by atomic mass is 79.9. The van der Waals surface area contributed by atoms with E-state index in [0.29, 0.717) is 11.1 Å². The molecule has 0 amide bonds. The largest absolute Gasteiger partial charge is 0.462 e. The van der Waals surface area contributed by atoms with E-state index in [1.165, 1.54) is 5.56 Å². The zero-order valence-corrected chi connectivity index (χ0v) is 22.2. The van der Waals surface area contributed by atoms with Gasteiger partial charge in [-0.2, -0.15) is 0 Å². The summed E-state index contributed by atoms with van der Waals surface area (Å²) < 4.78 is 7.84. The summed E-state index contributed by atoms with van der Waals surface area (Å²) in [5.41, 5.74) is 4.84. The number of benzene rings is 3. The first-order valence-electron chi connectivity index (χ1n) is 11.7. The molecule has 34 heavy (non-hydrogen) atoms. The number of anilines is 1. The van der Waals surface area contributed by atoms with Crippen LogP contribution in [0.15, 0.2) is 71.2 Å². The Morgan fingerprint density at radius 1 is 0.971 bits per heavy atom. The molecule has 2 aliphatic heterocycles. The number of ketones is 1. The van der Waals surface area contributed by atoms with E-state index >= 15 is 0 Å². The van der Waals surface area contributed by atoms with Crippen molar-refractivity contribution in [1.82, 2.24) is 0 Å². The number of rotatable bonds is 2. The Labute approximate surface area is 210 Å². The Morgan fingerprint density at radius 3 is 2.35 bits per heavy atom. The van der Waals surface area contributed by atoms with Gasteiger partial charge in [0.15, 0.2) is 5.78 Å². The molecule has 2 heterocycles. The molecule has 3 aromatic carbocycles. The van der Waals surface area contributed by atoms with Gasteiger partial charge in [0.05, 0.1) is 9.89 Å². The number of hydrogen-bond acceptors (Lipinski definition) is 3. The summed E-state index contributed by atoms with van der Waals surface area (Å²) in [4.78, 5) is 15.4. The maximum atomic E-state index is 13.2. The van der Waals surface area contributed by atoms with Crippen molar-refractivity contribution in [2.75, 3.05) is 11.9 Å². The molecule has 1 spiro atoms. The summed E-state index contributed by atoms with van der Waals surface area (Å²) in [5.74, 6) is 0.884. The zero-order valence-electron chi connectivity index (χ0n) is 20.6. The summed E-state index contributed by atoms with van der Waals surface area (Å²) in [6.07, 6.45) is 4.35. The molecule has 0 radical (unpaired) electrons. The summed E-state index contributed by atoms with van der Waals surface area (Å²) in [7, 11) is 2.07. The number of ether oxygens (including phenoxy) is 1. The van der Waals surface area contributed by atoms with Crippen LogP contribution in [0, 0.1) is 0 Å². The Morgan fingerprint density at radius 2 is 1.68 bits per heavy atom. The average Bonchev–Trinajstić information content (AvgIpc) is 2.96. The normalized spacial score (nSPS) is 20.1. The summed E-state index contributed by atoms with van der Waals surface area (Å²) in [6, 6.07) is 19.8. The second-order valence-electron chi connectivity index (χ2n) is 10.9. The van der Waals surface area contributed by atoms with E-state index in [1.54, 1.807) is 0 Å². The lowest BCUT2D eigenvalue weighted by atomic mass is 9.75. The van der Waals surface area contributed by atoms with E-state index < -0.39 is 11.1 Å². The Kier molecular flexibility index (Phi) is 5.11. The van der Waals surface area contributed by atoms with Crippen molar-refractivity contribution in [1.29, 1.82) is 0 Å². The van der Waals surface area contributed by atoms with Crippen LogP contribution in [0.2, 0.25) is 0 Å². The van der Waals surface area contributed by atoms with Gasteiger partial charge in [0, 0.05) is 29.4 Å². The van der Waals surface area contributed by atoms with Gasteiger partial charge in [-0.25, -0.2) is 0 Å². The van der Waals surface area contributed by atoms with Crippen LogP contribution < -0.4 is 9.64 Å². The van der Waals surface area contributed by atoms with Crippen LogP contribution in [0.3, 0.4) is 0 Å². The predicted octanol–water partition coefficient (Wildman–Crippen LogP) is 7.51. The van der Waals surface area contributed by atoms with E-state index in [4.69, 9.17) is 4.74 Å². The lowest BCUT2D eigenvalue weighted by Crippen LogP contribution is -2.58. The molecule has 1 atom stereocenters. The molecule has 0 aliphatic carbocycles. The van der Waals surface area contributed by atoms with Crippen molar-refractivity contribution >= 4 is 33.5 Å². The smallest absolute Gasteiger partial charge is 0.211 e. The Bertz CT molecular complexity index is 1330. The molecule has 0 bridgehead atoms. The monoisotopic (exact) mass is 515 g/mol. The topological polar surface area (TPSA) is 29.5 Å². The number of hydrogen-bond donors (Lipinski definition) is 0. The highest BCUT2D eigenvalue weighted by molar-refractivity contribution is 9.10. The fourth-order valence-corrected chi connectivity index (χ4v) is 5.76. The van der Waals surface area contributed by atoms with Gasteiger partial charge < -0.3 is 9.64 Å². The second kappa shape index (κ2) is 7.58. The van der Waals surface area contributed by atoms with E-state index in [0.717, 1.165) is 27.0 Å². The Hall–Kier alpha value is -2.85. The SMILES string of the molecule is CN1c2ccc(C(=O)c3ccccc3)cc2C(C)(C)C12C=Cc1cc(C(C)(C)C)cc(Br)c1O2. The first-order valence-corrected chi connectivity index (χ1v) is 12.5. The highest BCUT2D eigenvalue weighted by Crippen LogP contribution is 2.55. The molecule has 174 valence electrons. The van der Waals surface area contributed by atoms with Gasteiger partial charge in [0.25, 0.3) is 0 Å². The quantitative estimate of drug-likeness (QED) is 0.330. The molecule has 1 unspecified atom stereocenters. The summed E-state index contributed by atoms with van der Waals surface area (Å²) >= 11 is 3.78. The van der Waals surface area contributed by atoms with Crippen molar-refractivity contribution in [2.45, 2.75) is 51.2 Å². The summed E-state index contributed by atoms with van der Waals surface area (Å²) in [6.45, 7) is 11.0. The number of fused-ring (bicyclic) bond motifs is 2. The lowest BCUT2D eigenvalue weighted by Gasteiger charge is -2.46. The predicted molar refractivity (Wildman–Crippen MR) is 143 cm³/mol. The van der Waals surface area contributed by atoms with E-state index in [1.807, 2.05) is 48.5 Å². The fourth-order valence-electron chi connectivity index (χ4n) is 5.21. The first kappa shape index (κ1) is 22.9. The third kappa shape index (κ3) is 3.26. The number of nitrogens with zero attached hydrogens (tertiary/aromatic N) is 1. The van der Waals surface area contributed by atoms with Gasteiger partial charge in [-0.3, -0.25) is 4.79 Å². The van der Waals surface area contributed by atoms with Crippen LogP contribution in [0.5, 0.6) is 5.75 Å². The standard InChI is InChI=1S/C30H30BrNO2/c1-28(2,3)22-16-21-14-15-30(34-27(21)24(31)18-22)29(4,5)23-17-20(12-13-25(23)32(30)6)26(33)19-10-8-7-9-11-19/h7-18H,1-6H3. The second-order valence-corrected chi connectivity index (χ2v) is 11.7. The Balaban J connectivity index is 1.58. The highest BCUT2D eigenvalue weighted by Gasteiger charge is 2.58. The number of likely N-dealkylation sites (N-methyl/N-ethyl adjacent to an activating group) is 1. The van der Waals surface area contributed by atoms with Gasteiger partial charge in [-0.1, -0.05) is 51.1 Å². The molecule has 0 fully saturated rings. The van der Waals surface area contributed by atoms with Crippen molar-refractivity contribution in [3.8, 4) is 5.75 Å². The molecular formula is C30H30BrNO2. The van der Waals surface area contributed by atoms with Gasteiger partial charge in [-0.05, 0) is 88.8 Å². The van der Waals surface area contributed by atoms with Gasteiger partial charge >= 0.3 is 0 Å². The van der Waals surface area contributed by atoms with Crippen molar-refractivity contribution in [3.05, 3.63) is 99.0 Å². The average molecular weight is 516 g/mol. The maximum absolute atomic E-state index is 13.2. The van der Waals surface area contributed by atoms with Gasteiger partial charge in [0.1, 0.15) is 5.75 Å². The van der Waals surface area contributed by atoms with Crippen LogP contribution in [0.4, 0.5) is 5.69 Å². The van der Waals surface area contributed by atoms with Gasteiger partial charge in [0.2, 0.25) is 5.72 Å². The van der Waals surface area contributed by atoms with E-state index in [-0.39, 0.29) is 11.2 Å². The molecule has 0 saturated heterocycles. The van der Waals surface area contributed by atoms with Gasteiger partial charge in [-0.15, -0.1) is 0 Å². The zero-order chi connectivity index (χ0) is 24.5. The first-order chi connectivity index (χ1) is 16.0. The summed E-state index contributed by atoms with van der Waals surface area (Å²) in [5, 5.41) is 0. The third-order valence-electron chi connectivity index (χ3n) is 7.41. The molecule has 0 N–H and O–H groups in total. The van der Waals surface area contributed by atoms with Crippen LogP contribution in [-0.2, 0) is 10.8 Å². The third-order valence-corrected chi connectivity index (χ3v) is 8.00. The molecule has 0 saturated carbocycles.